The number of aliphatic hydroxyl groups excluding tert-OH is 2. The Hall–Kier alpha value is -3.38. The van der Waals surface area contributed by atoms with E-state index < -0.39 is 30.0 Å². The average Bonchev–Trinajstić information content (AvgIpc) is 3.35. The van der Waals surface area contributed by atoms with Gasteiger partial charge in [0.1, 0.15) is 12.1 Å². The van der Waals surface area contributed by atoms with Crippen molar-refractivity contribution in [3.05, 3.63) is 52.1 Å². The molecule has 1 fully saturated rings. The number of carbonyl (C=O) groups excluding carboxylic acids is 3. The minimum Gasteiger partial charge on any atom is -0.393 e. The fraction of sp³-hybridized carbons (Fsp3) is 0.444. The standard InChI is InChI=1S/C27H33FN4O6/c1-15-24(12-22-21-9-17(28)3-4-23(21)31-26(22)36)30-16(2)25(15)27(37)29-13-20(35)11-19(34)10-18(14-33)32-5-7-38-8-6-32/h3-4,9,12,14,18-20,30,34-35H,5-8,10-11,13H2,1-2H3,(H,29,37)(H,31,36)/b22-12-/t18?,19-,20+/m1/s1. The second-order valence-electron chi connectivity index (χ2n) is 9.71. The van der Waals surface area contributed by atoms with E-state index in [1.165, 1.54) is 18.2 Å². The Morgan fingerprint density at radius 3 is 2.66 bits per heavy atom. The van der Waals surface area contributed by atoms with Crippen molar-refractivity contribution in [1.29, 1.82) is 0 Å². The molecule has 0 radical (unpaired) electrons. The van der Waals surface area contributed by atoms with Crippen molar-refractivity contribution in [2.75, 3.05) is 38.2 Å². The van der Waals surface area contributed by atoms with Crippen LogP contribution in [0, 0.1) is 19.7 Å². The number of nitrogens with one attached hydrogen (secondary N) is 3. The quantitative estimate of drug-likeness (QED) is 0.232. The molecule has 204 valence electrons. The Morgan fingerprint density at radius 1 is 1.21 bits per heavy atom. The number of ether oxygens (including phenoxy) is 1. The molecule has 3 heterocycles. The molecule has 3 atom stereocenters. The highest BCUT2D eigenvalue weighted by molar-refractivity contribution is 6.34. The molecule has 11 heteroatoms. The molecule has 2 aliphatic rings. The lowest BCUT2D eigenvalue weighted by atomic mass is 10.0. The lowest BCUT2D eigenvalue weighted by Crippen LogP contribution is -2.46. The fourth-order valence-electron chi connectivity index (χ4n) is 4.98. The number of aryl methyl sites for hydroxylation is 1. The van der Waals surface area contributed by atoms with E-state index in [0.29, 0.717) is 60.1 Å². The zero-order valence-electron chi connectivity index (χ0n) is 21.4. The summed E-state index contributed by atoms with van der Waals surface area (Å²) >= 11 is 0. The van der Waals surface area contributed by atoms with Gasteiger partial charge >= 0.3 is 0 Å². The van der Waals surface area contributed by atoms with Crippen LogP contribution in [0.2, 0.25) is 0 Å². The van der Waals surface area contributed by atoms with Crippen molar-refractivity contribution in [2.45, 2.75) is 44.9 Å². The summed E-state index contributed by atoms with van der Waals surface area (Å²) in [5, 5.41) is 26.2. The number of hydrogen-bond acceptors (Lipinski definition) is 7. The molecule has 0 spiro atoms. The summed E-state index contributed by atoms with van der Waals surface area (Å²) in [5.41, 5.74) is 3.31. The van der Waals surface area contributed by atoms with Crippen LogP contribution in [0.5, 0.6) is 0 Å². The van der Waals surface area contributed by atoms with Crippen LogP contribution in [0.3, 0.4) is 0 Å². The maximum Gasteiger partial charge on any atom is 0.256 e. The number of carbonyl (C=O) groups is 3. The van der Waals surface area contributed by atoms with E-state index in [0.717, 1.165) is 6.29 Å². The number of aromatic nitrogens is 1. The van der Waals surface area contributed by atoms with Gasteiger partial charge in [-0.1, -0.05) is 0 Å². The van der Waals surface area contributed by atoms with Gasteiger partial charge in [0, 0.05) is 48.7 Å². The third-order valence-electron chi connectivity index (χ3n) is 6.98. The minimum atomic E-state index is -1.01. The number of H-pyrrole nitrogens is 1. The summed E-state index contributed by atoms with van der Waals surface area (Å²) < 4.78 is 19.1. The first-order valence-electron chi connectivity index (χ1n) is 12.6. The van der Waals surface area contributed by atoms with Gasteiger partial charge in [0.05, 0.1) is 42.6 Å². The Labute approximate surface area is 219 Å². The summed E-state index contributed by atoms with van der Waals surface area (Å²) in [4.78, 5) is 42.0. The van der Waals surface area contributed by atoms with Crippen molar-refractivity contribution in [1.82, 2.24) is 15.2 Å². The summed E-state index contributed by atoms with van der Waals surface area (Å²) in [6.07, 6.45) is 0.645. The molecule has 0 bridgehead atoms. The minimum absolute atomic E-state index is 0.00247. The molecule has 0 aliphatic carbocycles. The number of morpholine rings is 1. The highest BCUT2D eigenvalue weighted by Gasteiger charge is 2.27. The Kier molecular flexibility index (Phi) is 8.72. The number of nitrogens with zero attached hydrogens (tertiary/aromatic N) is 1. The zero-order valence-corrected chi connectivity index (χ0v) is 21.4. The predicted octanol–water partition coefficient (Wildman–Crippen LogP) is 1.39. The maximum atomic E-state index is 13.8. The SMILES string of the molecule is Cc1[nH]c(/C=C2\C(=O)Nc3ccc(F)cc32)c(C)c1C(=O)NC[C@@H](O)C[C@H](O)CC(C=O)N1CCOCC1. The fourth-order valence-corrected chi connectivity index (χ4v) is 4.98. The van der Waals surface area contributed by atoms with Gasteiger partial charge in [0.15, 0.2) is 0 Å². The van der Waals surface area contributed by atoms with Gasteiger partial charge in [-0.15, -0.1) is 0 Å². The van der Waals surface area contributed by atoms with E-state index in [4.69, 9.17) is 4.74 Å². The van der Waals surface area contributed by atoms with Crippen LogP contribution in [0.25, 0.3) is 11.6 Å². The number of rotatable bonds is 10. The molecule has 2 aromatic rings. The number of benzene rings is 1. The molecular formula is C27H33FN4O6. The third-order valence-corrected chi connectivity index (χ3v) is 6.98. The molecule has 5 N–H and O–H groups in total. The number of halogens is 1. The first kappa shape index (κ1) is 27.6. The van der Waals surface area contributed by atoms with Gasteiger partial charge < -0.3 is 35.4 Å². The van der Waals surface area contributed by atoms with E-state index in [9.17, 15) is 29.0 Å². The van der Waals surface area contributed by atoms with Crippen LogP contribution in [-0.2, 0) is 14.3 Å². The monoisotopic (exact) mass is 528 g/mol. The van der Waals surface area contributed by atoms with Crippen LogP contribution in [0.4, 0.5) is 10.1 Å². The van der Waals surface area contributed by atoms with E-state index in [2.05, 4.69) is 15.6 Å². The lowest BCUT2D eigenvalue weighted by molar-refractivity contribution is -0.115. The average molecular weight is 529 g/mol. The number of hydrogen-bond donors (Lipinski definition) is 5. The summed E-state index contributed by atoms with van der Waals surface area (Å²) in [6.45, 7) is 5.64. The molecule has 1 unspecified atom stereocenters. The van der Waals surface area contributed by atoms with Crippen molar-refractivity contribution in [3.8, 4) is 0 Å². The summed E-state index contributed by atoms with van der Waals surface area (Å²) in [6, 6.07) is 3.59. The number of aldehydes is 1. The number of amides is 2. The number of fused-ring (bicyclic) bond motifs is 1. The Bertz CT molecular complexity index is 1240. The first-order valence-corrected chi connectivity index (χ1v) is 12.6. The van der Waals surface area contributed by atoms with E-state index >= 15 is 0 Å². The molecule has 10 nitrogen and oxygen atoms in total. The van der Waals surface area contributed by atoms with E-state index in [1.807, 2.05) is 4.90 Å². The highest BCUT2D eigenvalue weighted by atomic mass is 19.1. The first-order chi connectivity index (χ1) is 18.2. The van der Waals surface area contributed by atoms with Crippen LogP contribution >= 0.6 is 0 Å². The largest absolute Gasteiger partial charge is 0.393 e. The van der Waals surface area contributed by atoms with Gasteiger partial charge in [0.2, 0.25) is 0 Å². The topological polar surface area (TPSA) is 144 Å². The highest BCUT2D eigenvalue weighted by Crippen LogP contribution is 2.34. The van der Waals surface area contributed by atoms with Crippen molar-refractivity contribution in [2.24, 2.45) is 0 Å². The van der Waals surface area contributed by atoms with Gasteiger partial charge in [0.25, 0.3) is 11.8 Å². The van der Waals surface area contributed by atoms with Crippen LogP contribution in [0.15, 0.2) is 18.2 Å². The predicted molar refractivity (Wildman–Crippen MR) is 139 cm³/mol. The van der Waals surface area contributed by atoms with Crippen LogP contribution in [-0.4, -0.2) is 89.3 Å². The molecule has 1 aromatic carbocycles. The summed E-state index contributed by atoms with van der Waals surface area (Å²) in [5.74, 6) is -1.25. The van der Waals surface area contributed by atoms with E-state index in [1.54, 1.807) is 19.9 Å². The zero-order chi connectivity index (χ0) is 27.4. The normalized spacial score (nSPS) is 19.1. The van der Waals surface area contributed by atoms with Gasteiger partial charge in [-0.25, -0.2) is 4.39 Å². The molecule has 0 saturated carbocycles. The Morgan fingerprint density at radius 2 is 1.95 bits per heavy atom. The van der Waals surface area contributed by atoms with Crippen molar-refractivity contribution >= 4 is 35.4 Å². The maximum absolute atomic E-state index is 13.8. The lowest BCUT2D eigenvalue weighted by Gasteiger charge is -2.32. The smallest absolute Gasteiger partial charge is 0.256 e. The number of aromatic amines is 1. The van der Waals surface area contributed by atoms with E-state index in [-0.39, 0.29) is 30.9 Å². The van der Waals surface area contributed by atoms with Gasteiger partial charge in [-0.05, 0) is 50.1 Å². The molecule has 1 aromatic heterocycles. The third kappa shape index (κ3) is 6.18. The molecule has 4 rings (SSSR count). The van der Waals surface area contributed by atoms with Gasteiger partial charge in [-0.3, -0.25) is 14.5 Å². The van der Waals surface area contributed by atoms with Crippen LogP contribution < -0.4 is 10.6 Å². The molecule has 1 saturated heterocycles. The molecule has 2 amide bonds. The summed E-state index contributed by atoms with van der Waals surface area (Å²) in [7, 11) is 0. The molecule has 38 heavy (non-hydrogen) atoms. The second-order valence-corrected chi connectivity index (χ2v) is 9.71. The van der Waals surface area contributed by atoms with Gasteiger partial charge in [-0.2, -0.15) is 0 Å². The van der Waals surface area contributed by atoms with Crippen LogP contribution in [0.1, 0.15) is 45.7 Å². The molecular weight excluding hydrogens is 495 g/mol. The second kappa shape index (κ2) is 12.0. The van der Waals surface area contributed by atoms with Crippen molar-refractivity contribution in [3.63, 3.8) is 0 Å². The number of anilines is 1. The Balaban J connectivity index is 1.36. The number of aliphatic hydroxyl groups is 2. The van der Waals surface area contributed by atoms with Crippen molar-refractivity contribution < 1.29 is 33.7 Å². The molecule has 2 aliphatic heterocycles.